The van der Waals surface area contributed by atoms with Crippen molar-refractivity contribution in [3.05, 3.63) is 78.0 Å². The Morgan fingerprint density at radius 2 is 1.89 bits per heavy atom. The zero-order chi connectivity index (χ0) is 25.4. The number of halogens is 3. The minimum absolute atomic E-state index is 0.356. The van der Waals surface area contributed by atoms with Crippen LogP contribution in [0.3, 0.4) is 0 Å². The lowest BCUT2D eigenvalue weighted by atomic mass is 10.1. The number of benzene rings is 3. The highest BCUT2D eigenvalue weighted by Gasteiger charge is 2.45. The molecule has 1 aliphatic heterocycles. The molecule has 1 radical (unpaired) electrons. The first kappa shape index (κ1) is 23.4. The van der Waals surface area contributed by atoms with Crippen LogP contribution in [0.5, 0.6) is 0 Å². The van der Waals surface area contributed by atoms with Crippen molar-refractivity contribution in [2.45, 2.75) is 17.6 Å². The van der Waals surface area contributed by atoms with E-state index in [2.05, 4.69) is 20.1 Å². The zero-order valence-corrected chi connectivity index (χ0v) is 19.1. The topological polar surface area (TPSA) is 113 Å². The number of fused-ring (bicyclic) bond motifs is 2. The molecule has 0 saturated carbocycles. The third-order valence-corrected chi connectivity index (χ3v) is 6.19. The highest BCUT2D eigenvalue weighted by molar-refractivity contribution is 8.14. The largest absolute Gasteiger partial charge is 0.491 e. The van der Waals surface area contributed by atoms with E-state index in [9.17, 15) is 22.8 Å². The van der Waals surface area contributed by atoms with Gasteiger partial charge in [-0.15, -0.1) is 0 Å². The number of carbonyl (C=O) groups excluding carboxylic acids is 2. The van der Waals surface area contributed by atoms with E-state index in [1.807, 2.05) is 36.5 Å². The minimum Gasteiger partial charge on any atom is -0.381 e. The molecule has 5 rings (SSSR count). The van der Waals surface area contributed by atoms with Crippen LogP contribution in [-0.4, -0.2) is 33.1 Å². The molecule has 0 atom stereocenters. The lowest BCUT2D eigenvalue weighted by Gasteiger charge is -2.07. The molecule has 3 N–H and O–H groups in total. The molecule has 0 aliphatic carbocycles. The molecule has 3 aromatic carbocycles. The monoisotopic (exact) mass is 511 g/mol. The lowest BCUT2D eigenvalue weighted by Crippen LogP contribution is -2.27. The predicted octanol–water partition coefficient (Wildman–Crippen LogP) is 4.27. The Morgan fingerprint density at radius 3 is 2.61 bits per heavy atom. The Bertz CT molecular complexity index is 1530. The number of nitrogens with one attached hydrogen (secondary N) is 1. The fraction of sp³-hybridized carbons (Fsp3) is 0.0833. The summed E-state index contributed by atoms with van der Waals surface area (Å²) in [6, 6.07) is 18.0. The molecule has 1 amide bonds. The van der Waals surface area contributed by atoms with Gasteiger partial charge in [0.15, 0.2) is 0 Å². The fourth-order valence-corrected chi connectivity index (χ4v) is 4.34. The van der Waals surface area contributed by atoms with Crippen molar-refractivity contribution in [3.63, 3.8) is 0 Å². The molecular weight excluding hydrogens is 495 g/mol. The highest BCUT2D eigenvalue weighted by Crippen LogP contribution is 2.36. The van der Waals surface area contributed by atoms with Crippen molar-refractivity contribution < 1.29 is 27.5 Å². The maximum absolute atomic E-state index is 12.4. The van der Waals surface area contributed by atoms with Gasteiger partial charge in [-0.05, 0) is 35.9 Å². The van der Waals surface area contributed by atoms with E-state index in [0.29, 0.717) is 33.9 Å². The molecule has 0 spiro atoms. The highest BCUT2D eigenvalue weighted by atomic mass is 32.2. The van der Waals surface area contributed by atoms with E-state index in [4.69, 9.17) is 5.73 Å². The van der Waals surface area contributed by atoms with E-state index in [1.54, 1.807) is 35.0 Å². The molecule has 4 aromatic rings. The Balaban J connectivity index is 1.25. The first-order chi connectivity index (χ1) is 17.2. The van der Waals surface area contributed by atoms with E-state index >= 15 is 0 Å². The molecule has 0 fully saturated rings. The van der Waals surface area contributed by atoms with Crippen LogP contribution < -0.4 is 16.0 Å². The van der Waals surface area contributed by atoms with Crippen LogP contribution in [0.2, 0.25) is 0 Å². The molecular formula is C24H16F3N5O3S+. The van der Waals surface area contributed by atoms with Crippen molar-refractivity contribution in [1.82, 2.24) is 14.8 Å². The van der Waals surface area contributed by atoms with Gasteiger partial charge in [-0.1, -0.05) is 24.3 Å². The van der Waals surface area contributed by atoms with Gasteiger partial charge in [0, 0.05) is 41.6 Å². The number of amides is 1. The van der Waals surface area contributed by atoms with Gasteiger partial charge < -0.3 is 15.8 Å². The van der Waals surface area contributed by atoms with Gasteiger partial charge in [-0.25, -0.2) is 9.48 Å². The summed E-state index contributed by atoms with van der Waals surface area (Å²) >= 11 is 0.852. The molecule has 0 saturated heterocycles. The normalized spacial score (nSPS) is 12.8. The van der Waals surface area contributed by atoms with Gasteiger partial charge in [-0.2, -0.15) is 18.3 Å². The summed E-state index contributed by atoms with van der Waals surface area (Å²) in [6.07, 6.45) is -3.27. The number of aliphatic imine (C=N–C) groups is 1. The summed E-state index contributed by atoms with van der Waals surface area (Å²) in [5.74, 6) is -2.85. The van der Waals surface area contributed by atoms with Crippen molar-refractivity contribution in [3.8, 4) is 5.69 Å². The average molecular weight is 511 g/mol. The molecule has 0 bridgehead atoms. The number of hydrogen-bond donors (Lipinski definition) is 2. The Labute approximate surface area is 205 Å². The summed E-state index contributed by atoms with van der Waals surface area (Å²) in [7, 11) is 0. The molecule has 1 aliphatic rings. The molecule has 12 heteroatoms. The standard InChI is InChI=1S/C24H16F3N5O3S/c25-24(26,27)22(34)35-23-30-18-10-15(6-9-19(18)36-23)29-11-13-4-7-16(8-5-13)32-12-14-2-1-3-17(21(28)33)20(14)31-32/h1-10,12,29H,11H2,(H2,28,33)/q+1. The Morgan fingerprint density at radius 1 is 1.11 bits per heavy atom. The zero-order valence-electron chi connectivity index (χ0n) is 18.2. The summed E-state index contributed by atoms with van der Waals surface area (Å²) in [5, 5.41) is 8.15. The predicted molar refractivity (Wildman–Crippen MR) is 128 cm³/mol. The fourth-order valence-electron chi connectivity index (χ4n) is 3.54. The Kier molecular flexibility index (Phi) is 5.88. The number of nitrogens with two attached hydrogens (primary N) is 1. The Hall–Kier alpha value is -4.32. The maximum Gasteiger partial charge on any atom is 0.491 e. The smallest absolute Gasteiger partial charge is 0.381 e. The van der Waals surface area contributed by atoms with Gasteiger partial charge in [-0.3, -0.25) is 4.79 Å². The molecule has 0 unspecified atom stereocenters. The number of carbonyl (C=O) groups is 2. The van der Waals surface area contributed by atoms with E-state index in [1.165, 1.54) is 0 Å². The third kappa shape index (κ3) is 4.75. The average Bonchev–Trinajstić information content (AvgIpc) is 3.45. The summed E-state index contributed by atoms with van der Waals surface area (Å²) < 4.78 is 43.2. The van der Waals surface area contributed by atoms with Crippen LogP contribution in [0.15, 0.2) is 71.8 Å². The second-order valence-electron chi connectivity index (χ2n) is 7.75. The van der Waals surface area contributed by atoms with E-state index < -0.39 is 18.1 Å². The van der Waals surface area contributed by atoms with Crippen molar-refractivity contribution in [2.24, 2.45) is 5.73 Å². The second kappa shape index (κ2) is 9.04. The van der Waals surface area contributed by atoms with Gasteiger partial charge in [0.05, 0.1) is 11.3 Å². The van der Waals surface area contributed by atoms with Gasteiger partial charge in [0.2, 0.25) is 0 Å². The van der Waals surface area contributed by atoms with Crippen LogP contribution in [0.1, 0.15) is 15.9 Å². The number of thioether (sulfide) groups is 1. The number of primary amides is 1. The number of rotatable bonds is 5. The summed E-state index contributed by atoms with van der Waals surface area (Å²) in [5.41, 5.74) is 9.20. The molecule has 181 valence electrons. The molecule has 2 heterocycles. The van der Waals surface area contributed by atoms with Crippen LogP contribution >= 0.6 is 11.8 Å². The number of hydrogen-bond acceptors (Lipinski definition) is 7. The number of anilines is 1. The number of esters is 1. The van der Waals surface area contributed by atoms with Crippen molar-refractivity contribution in [2.75, 3.05) is 5.32 Å². The first-order valence-electron chi connectivity index (χ1n) is 10.5. The SMILES string of the molecule is NC(=O)c1cccc2cn(-c3ccc(CNc4ccc5c(c4)[N+]=C(OC(=O)C(F)(F)F)S5)cc3)nc12. The maximum atomic E-state index is 12.4. The van der Waals surface area contributed by atoms with Crippen LogP contribution in [0.4, 0.5) is 24.5 Å². The summed E-state index contributed by atoms with van der Waals surface area (Å²) in [6.45, 7) is 0.471. The molecule has 8 nitrogen and oxygen atoms in total. The number of aromatic nitrogens is 2. The van der Waals surface area contributed by atoms with Crippen LogP contribution in [0, 0.1) is 0 Å². The minimum atomic E-state index is -5.09. The molecule has 1 aromatic heterocycles. The molecule has 36 heavy (non-hydrogen) atoms. The first-order valence-corrected chi connectivity index (χ1v) is 11.3. The van der Waals surface area contributed by atoms with Gasteiger partial charge >= 0.3 is 17.4 Å². The van der Waals surface area contributed by atoms with Gasteiger partial charge in [0.25, 0.3) is 11.6 Å². The number of nitrogens with zero attached hydrogens (tertiary/aromatic N) is 3. The van der Waals surface area contributed by atoms with E-state index in [-0.39, 0.29) is 5.23 Å². The van der Waals surface area contributed by atoms with Crippen LogP contribution in [-0.2, 0) is 16.1 Å². The second-order valence-corrected chi connectivity index (χ2v) is 8.74. The van der Waals surface area contributed by atoms with Crippen LogP contribution in [0.25, 0.3) is 16.6 Å². The summed E-state index contributed by atoms with van der Waals surface area (Å²) in [4.78, 5) is 27.2. The quantitative estimate of drug-likeness (QED) is 0.387. The van der Waals surface area contributed by atoms with Gasteiger partial charge in [0.1, 0.15) is 15.4 Å². The lowest BCUT2D eigenvalue weighted by molar-refractivity contribution is -0.190. The van der Waals surface area contributed by atoms with Crippen molar-refractivity contribution >= 4 is 51.1 Å². The number of alkyl halides is 3. The van der Waals surface area contributed by atoms with Crippen molar-refractivity contribution in [1.29, 1.82) is 0 Å². The number of ether oxygens (including phenoxy) is 1. The van der Waals surface area contributed by atoms with E-state index in [0.717, 1.165) is 28.4 Å². The third-order valence-electron chi connectivity index (χ3n) is 5.28.